The molecule has 8 heteroatoms. The van der Waals surface area contributed by atoms with Crippen LogP contribution in [0.5, 0.6) is 5.88 Å². The van der Waals surface area contributed by atoms with E-state index in [4.69, 9.17) is 10.5 Å². The van der Waals surface area contributed by atoms with Gasteiger partial charge in [-0.1, -0.05) is 6.92 Å². The molecule has 0 unspecified atom stereocenters. The van der Waals surface area contributed by atoms with Crippen molar-refractivity contribution >= 4 is 28.3 Å². The molecule has 1 aromatic carbocycles. The first-order valence-corrected chi connectivity index (χ1v) is 8.19. The van der Waals surface area contributed by atoms with Gasteiger partial charge in [-0.15, -0.1) is 0 Å². The van der Waals surface area contributed by atoms with E-state index in [0.29, 0.717) is 13.2 Å². The standard InChI is InChI=1S/C17H18N6O2/c1-2-5-22-9-11-8-12(3-4-13(11)21-22)23-6-7-25-16-14(17(23)24)15(18)19-10-20-16/h3-4,8-10H,2,5-7H2,1H3,(H2,18,19,20). The third-order valence-electron chi connectivity index (χ3n) is 4.15. The van der Waals surface area contributed by atoms with Crippen LogP contribution in [0.25, 0.3) is 10.9 Å². The molecule has 4 rings (SSSR count). The van der Waals surface area contributed by atoms with Gasteiger partial charge in [-0.2, -0.15) is 5.10 Å². The zero-order chi connectivity index (χ0) is 17.4. The van der Waals surface area contributed by atoms with Gasteiger partial charge in [0.1, 0.15) is 24.3 Å². The van der Waals surface area contributed by atoms with E-state index in [-0.39, 0.29) is 23.2 Å². The van der Waals surface area contributed by atoms with Gasteiger partial charge in [-0.3, -0.25) is 9.48 Å². The fourth-order valence-corrected chi connectivity index (χ4v) is 2.98. The molecular formula is C17H18N6O2. The van der Waals surface area contributed by atoms with Crippen LogP contribution in [0, 0.1) is 0 Å². The van der Waals surface area contributed by atoms with Gasteiger partial charge in [0.15, 0.2) is 0 Å². The van der Waals surface area contributed by atoms with Gasteiger partial charge >= 0.3 is 0 Å². The second-order valence-electron chi connectivity index (χ2n) is 5.88. The summed E-state index contributed by atoms with van der Waals surface area (Å²) < 4.78 is 7.48. The summed E-state index contributed by atoms with van der Waals surface area (Å²) in [6.07, 6.45) is 4.30. The Morgan fingerprint density at radius 2 is 2.20 bits per heavy atom. The van der Waals surface area contributed by atoms with Crippen LogP contribution in [0.15, 0.2) is 30.7 Å². The van der Waals surface area contributed by atoms with Crippen LogP contribution in [0.4, 0.5) is 11.5 Å². The quantitative estimate of drug-likeness (QED) is 0.782. The van der Waals surface area contributed by atoms with Crippen molar-refractivity contribution in [1.29, 1.82) is 0 Å². The number of ether oxygens (including phenoxy) is 1. The Hall–Kier alpha value is -3.16. The third-order valence-corrected chi connectivity index (χ3v) is 4.15. The van der Waals surface area contributed by atoms with Crippen molar-refractivity contribution in [1.82, 2.24) is 19.7 Å². The van der Waals surface area contributed by atoms with Crippen LogP contribution in [0.3, 0.4) is 0 Å². The molecule has 2 N–H and O–H groups in total. The van der Waals surface area contributed by atoms with Gasteiger partial charge in [-0.25, -0.2) is 9.97 Å². The normalized spacial score (nSPS) is 14.3. The van der Waals surface area contributed by atoms with Crippen LogP contribution < -0.4 is 15.4 Å². The van der Waals surface area contributed by atoms with E-state index < -0.39 is 0 Å². The maximum absolute atomic E-state index is 13.0. The summed E-state index contributed by atoms with van der Waals surface area (Å²) in [5.41, 5.74) is 7.76. The summed E-state index contributed by atoms with van der Waals surface area (Å²) in [6, 6.07) is 5.76. The Kier molecular flexibility index (Phi) is 3.72. The number of amides is 1. The van der Waals surface area contributed by atoms with E-state index in [9.17, 15) is 4.79 Å². The number of nitrogens with two attached hydrogens (primary N) is 1. The molecule has 0 radical (unpaired) electrons. The van der Waals surface area contributed by atoms with Crippen LogP contribution >= 0.6 is 0 Å². The van der Waals surface area contributed by atoms with Gasteiger partial charge in [-0.05, 0) is 24.6 Å². The number of hydrogen-bond acceptors (Lipinski definition) is 6. The first-order chi connectivity index (χ1) is 12.2. The minimum atomic E-state index is -0.258. The number of fused-ring (bicyclic) bond motifs is 2. The van der Waals surface area contributed by atoms with Gasteiger partial charge in [0.05, 0.1) is 12.1 Å². The van der Waals surface area contributed by atoms with E-state index in [2.05, 4.69) is 22.0 Å². The smallest absolute Gasteiger partial charge is 0.267 e. The van der Waals surface area contributed by atoms with E-state index in [0.717, 1.165) is 29.6 Å². The lowest BCUT2D eigenvalue weighted by molar-refractivity contribution is 0.0990. The van der Waals surface area contributed by atoms with Crippen molar-refractivity contribution < 1.29 is 9.53 Å². The van der Waals surface area contributed by atoms with Gasteiger partial charge in [0.25, 0.3) is 5.91 Å². The number of hydrogen-bond donors (Lipinski definition) is 1. The van der Waals surface area contributed by atoms with Crippen LogP contribution in [-0.2, 0) is 6.54 Å². The SMILES string of the molecule is CCCn1cc2cc(N3CCOc4ncnc(N)c4C3=O)ccc2n1. The Labute approximate surface area is 144 Å². The van der Waals surface area contributed by atoms with E-state index >= 15 is 0 Å². The summed E-state index contributed by atoms with van der Waals surface area (Å²) in [7, 11) is 0. The lowest BCUT2D eigenvalue weighted by atomic mass is 10.2. The average Bonchev–Trinajstić information content (AvgIpc) is 2.91. The summed E-state index contributed by atoms with van der Waals surface area (Å²) in [5.74, 6) is 0.0986. The molecule has 1 aliphatic heterocycles. The van der Waals surface area contributed by atoms with Crippen molar-refractivity contribution in [3.05, 3.63) is 36.3 Å². The van der Waals surface area contributed by atoms with Gasteiger partial charge < -0.3 is 15.4 Å². The van der Waals surface area contributed by atoms with Crippen molar-refractivity contribution in [2.24, 2.45) is 0 Å². The van der Waals surface area contributed by atoms with Crippen LogP contribution in [0.2, 0.25) is 0 Å². The lowest BCUT2D eigenvalue weighted by Gasteiger charge is -2.20. The van der Waals surface area contributed by atoms with E-state index in [1.807, 2.05) is 29.1 Å². The highest BCUT2D eigenvalue weighted by Gasteiger charge is 2.28. The van der Waals surface area contributed by atoms with E-state index in [1.54, 1.807) is 4.90 Å². The molecule has 2 aromatic heterocycles. The lowest BCUT2D eigenvalue weighted by Crippen LogP contribution is -2.32. The number of nitrogens with zero attached hydrogens (tertiary/aromatic N) is 5. The molecule has 0 spiro atoms. The summed E-state index contributed by atoms with van der Waals surface area (Å²) in [5, 5.41) is 5.51. The Morgan fingerprint density at radius 1 is 1.32 bits per heavy atom. The van der Waals surface area contributed by atoms with Gasteiger partial charge in [0, 0.05) is 23.8 Å². The Bertz CT molecular complexity index is 951. The molecule has 0 atom stereocenters. The Morgan fingerprint density at radius 3 is 3.04 bits per heavy atom. The number of nitrogen functional groups attached to an aromatic ring is 1. The number of aryl methyl sites for hydroxylation is 1. The number of carbonyl (C=O) groups is 1. The molecule has 0 saturated heterocycles. The minimum absolute atomic E-state index is 0.124. The molecule has 8 nitrogen and oxygen atoms in total. The molecule has 128 valence electrons. The molecule has 25 heavy (non-hydrogen) atoms. The maximum Gasteiger partial charge on any atom is 0.267 e. The number of aromatic nitrogens is 4. The largest absolute Gasteiger partial charge is 0.475 e. The highest BCUT2D eigenvalue weighted by Crippen LogP contribution is 2.29. The highest BCUT2D eigenvalue weighted by atomic mass is 16.5. The minimum Gasteiger partial charge on any atom is -0.475 e. The van der Waals surface area contributed by atoms with Crippen molar-refractivity contribution in [2.75, 3.05) is 23.8 Å². The van der Waals surface area contributed by atoms with E-state index in [1.165, 1.54) is 6.33 Å². The second kappa shape index (κ2) is 6.04. The summed E-state index contributed by atoms with van der Waals surface area (Å²) in [6.45, 7) is 3.71. The fraction of sp³-hybridized carbons (Fsp3) is 0.294. The molecule has 1 amide bonds. The average molecular weight is 338 g/mol. The zero-order valence-corrected chi connectivity index (χ0v) is 13.8. The molecule has 0 fully saturated rings. The predicted molar refractivity (Wildman–Crippen MR) is 93.6 cm³/mol. The Balaban J connectivity index is 1.74. The van der Waals surface area contributed by atoms with Gasteiger partial charge in [0.2, 0.25) is 5.88 Å². The number of benzene rings is 1. The van der Waals surface area contributed by atoms with Crippen molar-refractivity contribution in [3.8, 4) is 5.88 Å². The maximum atomic E-state index is 13.0. The topological polar surface area (TPSA) is 99.2 Å². The monoisotopic (exact) mass is 338 g/mol. The molecule has 0 saturated carbocycles. The zero-order valence-electron chi connectivity index (χ0n) is 13.8. The fourth-order valence-electron chi connectivity index (χ4n) is 2.98. The van der Waals surface area contributed by atoms with Crippen LogP contribution in [-0.4, -0.2) is 38.8 Å². The number of anilines is 2. The van der Waals surface area contributed by atoms with Crippen LogP contribution in [0.1, 0.15) is 23.7 Å². The molecule has 0 aliphatic carbocycles. The molecule has 1 aliphatic rings. The molecule has 3 aromatic rings. The van der Waals surface area contributed by atoms with Crippen molar-refractivity contribution in [3.63, 3.8) is 0 Å². The first kappa shape index (κ1) is 15.4. The van der Waals surface area contributed by atoms with Crippen molar-refractivity contribution in [2.45, 2.75) is 19.9 Å². The molecule has 0 bridgehead atoms. The molecule has 3 heterocycles. The summed E-state index contributed by atoms with van der Waals surface area (Å²) in [4.78, 5) is 22.5. The first-order valence-electron chi connectivity index (χ1n) is 8.19. The number of carbonyl (C=O) groups excluding carboxylic acids is 1. The highest BCUT2D eigenvalue weighted by molar-refractivity contribution is 6.11. The molecular weight excluding hydrogens is 320 g/mol. The summed E-state index contributed by atoms with van der Waals surface area (Å²) >= 11 is 0. The second-order valence-corrected chi connectivity index (χ2v) is 5.88. The predicted octanol–water partition coefficient (Wildman–Crippen LogP) is 1.86. The number of rotatable bonds is 3. The third kappa shape index (κ3) is 2.65.